The van der Waals surface area contributed by atoms with Gasteiger partial charge in [0, 0.05) is 24.3 Å². The van der Waals surface area contributed by atoms with Crippen molar-refractivity contribution >= 4 is 35.7 Å². The van der Waals surface area contributed by atoms with Crippen LogP contribution in [-0.4, -0.2) is 45.3 Å². The van der Waals surface area contributed by atoms with Crippen LogP contribution < -0.4 is 15.6 Å². The van der Waals surface area contributed by atoms with Crippen LogP contribution in [-0.2, 0) is 6.42 Å². The number of carbonyl (C=O) groups is 1. The number of hydrogen-bond acceptors (Lipinski definition) is 9. The fourth-order valence-corrected chi connectivity index (χ4v) is 5.27. The maximum Gasteiger partial charge on any atom is 0.336 e. The first-order valence-corrected chi connectivity index (χ1v) is 14.6. The minimum absolute atomic E-state index is 0.166. The molecule has 0 amide bonds. The summed E-state index contributed by atoms with van der Waals surface area (Å²) in [6.07, 6.45) is 4.67. The van der Waals surface area contributed by atoms with E-state index in [9.17, 15) is 9.90 Å². The lowest BCUT2D eigenvalue weighted by Gasteiger charge is -2.32. The first kappa shape index (κ1) is 28.6. The predicted octanol–water partition coefficient (Wildman–Crippen LogP) is 6.79. The van der Waals surface area contributed by atoms with E-state index in [4.69, 9.17) is 9.40 Å². The molecule has 0 spiro atoms. The molecule has 222 valence electrons. The highest BCUT2D eigenvalue weighted by atomic mass is 16.4. The van der Waals surface area contributed by atoms with Crippen LogP contribution in [0.1, 0.15) is 40.1 Å². The molecule has 3 aromatic carbocycles. The highest BCUT2D eigenvalue weighted by Crippen LogP contribution is 2.27. The number of nitrogens with zero attached hydrogens (tertiary/aromatic N) is 5. The average molecular weight is 588 g/mol. The van der Waals surface area contributed by atoms with E-state index >= 15 is 0 Å². The van der Waals surface area contributed by atoms with Crippen molar-refractivity contribution in [3.63, 3.8) is 0 Å². The number of piperidine rings is 1. The van der Waals surface area contributed by atoms with E-state index < -0.39 is 5.97 Å². The third kappa shape index (κ3) is 7.09. The molecule has 44 heavy (non-hydrogen) atoms. The number of carboxylic acids is 1. The first-order chi connectivity index (χ1) is 21.5. The SMILES string of the molecule is Cc1ccc(Nc2nc(N/N=C\c3ccc(-c4ccccc4C(=O)O)o3)nc(N3CCC(Cc4ccccc4)CC3)n2)cc1. The summed E-state index contributed by atoms with van der Waals surface area (Å²) in [5, 5.41) is 17.1. The molecule has 1 aliphatic rings. The molecule has 2 aromatic heterocycles. The summed E-state index contributed by atoms with van der Waals surface area (Å²) in [6.45, 7) is 3.74. The third-order valence-corrected chi connectivity index (χ3v) is 7.60. The molecule has 1 saturated heterocycles. The molecule has 5 aromatic rings. The summed E-state index contributed by atoms with van der Waals surface area (Å²) < 4.78 is 5.86. The number of rotatable bonds is 10. The number of aryl methyl sites for hydroxylation is 1. The molecule has 3 N–H and O–H groups in total. The van der Waals surface area contributed by atoms with Gasteiger partial charge in [-0.15, -0.1) is 0 Å². The summed E-state index contributed by atoms with van der Waals surface area (Å²) in [5.74, 6) is 1.76. The van der Waals surface area contributed by atoms with Crippen LogP contribution >= 0.6 is 0 Å². The van der Waals surface area contributed by atoms with Crippen LogP contribution in [0.2, 0.25) is 0 Å². The van der Waals surface area contributed by atoms with Crippen molar-refractivity contribution in [1.29, 1.82) is 0 Å². The van der Waals surface area contributed by atoms with Gasteiger partial charge in [-0.3, -0.25) is 0 Å². The van der Waals surface area contributed by atoms with Crippen LogP contribution in [0.25, 0.3) is 11.3 Å². The van der Waals surface area contributed by atoms with Crippen LogP contribution in [0, 0.1) is 12.8 Å². The summed E-state index contributed by atoms with van der Waals surface area (Å²) in [7, 11) is 0. The van der Waals surface area contributed by atoms with Gasteiger partial charge in [0.05, 0.1) is 11.8 Å². The number of anilines is 4. The van der Waals surface area contributed by atoms with Crippen LogP contribution in [0.3, 0.4) is 0 Å². The van der Waals surface area contributed by atoms with E-state index in [2.05, 4.69) is 61.0 Å². The molecule has 0 atom stereocenters. The number of furan rings is 1. The Morgan fingerprint density at radius 3 is 2.43 bits per heavy atom. The van der Waals surface area contributed by atoms with E-state index in [1.54, 1.807) is 36.4 Å². The van der Waals surface area contributed by atoms with Crippen LogP contribution in [0.15, 0.2) is 101 Å². The maximum absolute atomic E-state index is 11.6. The Hall–Kier alpha value is -5.51. The molecule has 1 fully saturated rings. The minimum Gasteiger partial charge on any atom is -0.478 e. The second-order valence-corrected chi connectivity index (χ2v) is 10.8. The molecule has 1 aliphatic heterocycles. The van der Waals surface area contributed by atoms with Gasteiger partial charge < -0.3 is 19.7 Å². The smallest absolute Gasteiger partial charge is 0.336 e. The number of hydrogen-bond donors (Lipinski definition) is 3. The fraction of sp³-hybridized carbons (Fsp3) is 0.206. The lowest BCUT2D eigenvalue weighted by molar-refractivity contribution is 0.0697. The van der Waals surface area contributed by atoms with E-state index in [0.29, 0.717) is 34.9 Å². The van der Waals surface area contributed by atoms with Gasteiger partial charge >= 0.3 is 5.97 Å². The molecule has 10 nitrogen and oxygen atoms in total. The highest BCUT2D eigenvalue weighted by molar-refractivity contribution is 5.95. The van der Waals surface area contributed by atoms with E-state index in [1.807, 2.05) is 31.2 Å². The fourth-order valence-electron chi connectivity index (χ4n) is 5.27. The number of nitrogens with one attached hydrogen (secondary N) is 2. The Morgan fingerprint density at radius 1 is 0.932 bits per heavy atom. The summed E-state index contributed by atoms with van der Waals surface area (Å²) in [6, 6.07) is 28.8. The largest absolute Gasteiger partial charge is 0.478 e. The van der Waals surface area contributed by atoms with Crippen LogP contribution in [0.5, 0.6) is 0 Å². The minimum atomic E-state index is -1.02. The van der Waals surface area contributed by atoms with Crippen LogP contribution in [0.4, 0.5) is 23.5 Å². The third-order valence-electron chi connectivity index (χ3n) is 7.60. The Labute approximate surface area is 255 Å². The van der Waals surface area contributed by atoms with Crippen molar-refractivity contribution in [2.24, 2.45) is 11.0 Å². The summed E-state index contributed by atoms with van der Waals surface area (Å²) >= 11 is 0. The van der Waals surface area contributed by atoms with Crippen molar-refractivity contribution in [3.05, 3.63) is 113 Å². The Kier molecular flexibility index (Phi) is 8.58. The van der Waals surface area contributed by atoms with Crippen molar-refractivity contribution in [2.45, 2.75) is 26.2 Å². The lowest BCUT2D eigenvalue weighted by atomic mass is 9.90. The van der Waals surface area contributed by atoms with Crippen molar-refractivity contribution < 1.29 is 14.3 Å². The number of carboxylic acid groups (broad SMARTS) is 1. The molecule has 0 bridgehead atoms. The highest BCUT2D eigenvalue weighted by Gasteiger charge is 2.23. The second kappa shape index (κ2) is 13.2. The first-order valence-electron chi connectivity index (χ1n) is 14.6. The molecular weight excluding hydrogens is 554 g/mol. The molecule has 0 aliphatic carbocycles. The van der Waals surface area contributed by atoms with Gasteiger partial charge in [0.25, 0.3) is 0 Å². The van der Waals surface area contributed by atoms with E-state index in [-0.39, 0.29) is 11.5 Å². The Morgan fingerprint density at radius 2 is 1.66 bits per heavy atom. The Balaban J connectivity index is 1.18. The van der Waals surface area contributed by atoms with Gasteiger partial charge in [0.1, 0.15) is 11.5 Å². The van der Waals surface area contributed by atoms with Crippen molar-refractivity contribution in [1.82, 2.24) is 15.0 Å². The van der Waals surface area contributed by atoms with Gasteiger partial charge in [-0.25, -0.2) is 10.2 Å². The average Bonchev–Trinajstić information content (AvgIpc) is 3.52. The zero-order valence-electron chi connectivity index (χ0n) is 24.4. The van der Waals surface area contributed by atoms with E-state index in [0.717, 1.165) is 43.6 Å². The van der Waals surface area contributed by atoms with Gasteiger partial charge in [-0.1, -0.05) is 66.2 Å². The molecule has 10 heteroatoms. The number of benzene rings is 3. The monoisotopic (exact) mass is 587 g/mol. The number of aromatic nitrogens is 3. The predicted molar refractivity (Wildman–Crippen MR) is 172 cm³/mol. The van der Waals surface area contributed by atoms with Crippen molar-refractivity contribution in [3.8, 4) is 11.3 Å². The second-order valence-electron chi connectivity index (χ2n) is 10.8. The quantitative estimate of drug-likeness (QED) is 0.119. The summed E-state index contributed by atoms with van der Waals surface area (Å²) in [5.41, 5.74) is 6.98. The van der Waals surface area contributed by atoms with Gasteiger partial charge in [-0.05, 0) is 68.0 Å². The van der Waals surface area contributed by atoms with E-state index in [1.165, 1.54) is 11.8 Å². The van der Waals surface area contributed by atoms with Gasteiger partial charge in [0.2, 0.25) is 17.8 Å². The molecule has 6 rings (SSSR count). The Bertz CT molecular complexity index is 1740. The van der Waals surface area contributed by atoms with Crippen molar-refractivity contribution in [2.75, 3.05) is 28.7 Å². The normalized spacial score (nSPS) is 13.7. The maximum atomic E-state index is 11.6. The number of aromatic carboxylic acids is 1. The zero-order chi connectivity index (χ0) is 30.3. The molecule has 0 saturated carbocycles. The lowest BCUT2D eigenvalue weighted by Crippen LogP contribution is -2.35. The molecule has 3 heterocycles. The zero-order valence-corrected chi connectivity index (χ0v) is 24.4. The molecule has 0 unspecified atom stereocenters. The topological polar surface area (TPSA) is 129 Å². The van der Waals surface area contributed by atoms with Gasteiger partial charge in [-0.2, -0.15) is 20.1 Å². The standard InChI is InChI=1S/C34H33N7O3/c1-23-11-13-26(14-12-23)36-32-37-33(39-34(38-32)41-19-17-25(18-20-41)21-24-7-3-2-4-8-24)40-35-22-27-15-16-30(44-27)28-9-5-6-10-29(28)31(42)43/h2-16,22,25H,17-21H2,1H3,(H,42,43)(H2,36,37,38,39,40)/b35-22-. The summed E-state index contributed by atoms with van der Waals surface area (Å²) in [4.78, 5) is 27.8. The molecular formula is C34H33N7O3. The molecule has 0 radical (unpaired) electrons. The number of hydrazone groups is 1. The van der Waals surface area contributed by atoms with Gasteiger partial charge in [0.15, 0.2) is 0 Å².